The van der Waals surface area contributed by atoms with Crippen LogP contribution in [0.25, 0.3) is 0 Å². The van der Waals surface area contributed by atoms with Gasteiger partial charge in [-0.25, -0.2) is 0 Å². The molecule has 0 aliphatic rings. The van der Waals surface area contributed by atoms with E-state index in [1.807, 2.05) is 0 Å². The van der Waals surface area contributed by atoms with Crippen LogP contribution in [0.4, 0.5) is 5.69 Å². The summed E-state index contributed by atoms with van der Waals surface area (Å²) in [6.07, 6.45) is 0. The number of anilines is 1. The van der Waals surface area contributed by atoms with Crippen LogP contribution in [0, 0.1) is 5.41 Å². The van der Waals surface area contributed by atoms with Gasteiger partial charge in [-0.1, -0.05) is 12.1 Å². The third kappa shape index (κ3) is 3.21. The number of rotatable bonds is 5. The van der Waals surface area contributed by atoms with Gasteiger partial charge in [-0.3, -0.25) is 4.79 Å². The lowest BCUT2D eigenvalue weighted by molar-refractivity contribution is -0.129. The Balaban J connectivity index is 2.95. The van der Waals surface area contributed by atoms with Crippen molar-refractivity contribution in [2.45, 2.75) is 11.8 Å². The summed E-state index contributed by atoms with van der Waals surface area (Å²) < 4.78 is 11.3. The van der Waals surface area contributed by atoms with Crippen LogP contribution in [-0.4, -0.2) is 33.9 Å². The average Bonchev–Trinajstić information content (AvgIpc) is 2.38. The number of carbonyl (C=O) groups is 1. The van der Waals surface area contributed by atoms with Gasteiger partial charge in [0.15, 0.2) is 4.90 Å². The monoisotopic (exact) mass is 272 g/mol. The number of amides is 1. The van der Waals surface area contributed by atoms with Crippen molar-refractivity contribution in [2.24, 2.45) is 10.6 Å². The van der Waals surface area contributed by atoms with Gasteiger partial charge in [0.1, 0.15) is 0 Å². The number of aliphatic hydroxyl groups is 2. The molecule has 6 nitrogen and oxygen atoms in total. The molecule has 0 aliphatic carbocycles. The normalized spacial score (nSPS) is 13.2. The molecule has 0 aliphatic heterocycles. The van der Waals surface area contributed by atoms with Gasteiger partial charge in [0.2, 0.25) is 5.91 Å². The highest BCUT2D eigenvalue weighted by Crippen LogP contribution is 2.23. The molecule has 100 valence electrons. The quantitative estimate of drug-likeness (QED) is 0.544. The molecule has 0 aromatic heterocycles. The minimum Gasteiger partial charge on any atom is -0.593 e. The molecule has 0 bridgehead atoms. The fourth-order valence-electron chi connectivity index (χ4n) is 1.21. The molecule has 5 N–H and O–H groups in total. The molecule has 0 saturated carbocycles. The Hall–Kier alpha value is -1.12. The topological polar surface area (TPSA) is 119 Å². The Kier molecular flexibility index (Phi) is 5.12. The maximum Gasteiger partial charge on any atom is 0.235 e. The smallest absolute Gasteiger partial charge is 0.235 e. The molecule has 0 radical (unpaired) electrons. The molecule has 7 heteroatoms. The Morgan fingerprint density at radius 3 is 2.50 bits per heavy atom. The molecule has 0 saturated heterocycles. The first-order valence-electron chi connectivity index (χ1n) is 5.23. The number of hydrogen-bond acceptors (Lipinski definition) is 5. The van der Waals surface area contributed by atoms with E-state index >= 15 is 0 Å². The van der Waals surface area contributed by atoms with Crippen molar-refractivity contribution in [3.05, 3.63) is 24.3 Å². The molecule has 1 rings (SSSR count). The molecule has 0 heterocycles. The third-order valence-corrected chi connectivity index (χ3v) is 3.39. The maximum atomic E-state index is 11.9. The predicted molar refractivity (Wildman–Crippen MR) is 67.9 cm³/mol. The van der Waals surface area contributed by atoms with Crippen LogP contribution in [-0.2, 0) is 16.2 Å². The molecule has 0 fully saturated rings. The van der Waals surface area contributed by atoms with E-state index in [9.17, 15) is 9.35 Å². The van der Waals surface area contributed by atoms with Crippen molar-refractivity contribution >= 4 is 23.0 Å². The van der Waals surface area contributed by atoms with Gasteiger partial charge in [-0.15, -0.1) is 5.14 Å². The maximum absolute atomic E-state index is 11.9. The van der Waals surface area contributed by atoms with Gasteiger partial charge in [0.25, 0.3) is 0 Å². The van der Waals surface area contributed by atoms with Gasteiger partial charge in [0, 0.05) is 0 Å². The Morgan fingerprint density at radius 1 is 1.44 bits per heavy atom. The Morgan fingerprint density at radius 2 is 2.00 bits per heavy atom. The lowest BCUT2D eigenvalue weighted by Crippen LogP contribution is -2.40. The number of benzene rings is 1. The number of hydrogen-bond donors (Lipinski definition) is 4. The molecular weight excluding hydrogens is 256 g/mol. The highest BCUT2D eigenvalue weighted by Gasteiger charge is 2.32. The van der Waals surface area contributed by atoms with Crippen molar-refractivity contribution in [2.75, 3.05) is 18.5 Å². The van der Waals surface area contributed by atoms with Gasteiger partial charge >= 0.3 is 0 Å². The molecule has 1 aromatic carbocycles. The summed E-state index contributed by atoms with van der Waals surface area (Å²) >= 11 is -1.73. The second-order valence-electron chi connectivity index (χ2n) is 4.12. The van der Waals surface area contributed by atoms with Crippen molar-refractivity contribution in [3.63, 3.8) is 0 Å². The standard InChI is InChI=1S/C11H16N2O4S/c1-11(6-14,7-15)10(16)13-8-4-2-3-5-9(8)18(12)17/h2-5,14-15H,6-7,12H2,1H3,(H,13,16). The lowest BCUT2D eigenvalue weighted by atomic mass is 9.92. The van der Waals surface area contributed by atoms with Crippen molar-refractivity contribution in [1.29, 1.82) is 0 Å². The van der Waals surface area contributed by atoms with Crippen LogP contribution in [0.5, 0.6) is 0 Å². The third-order valence-electron chi connectivity index (χ3n) is 2.60. The SMILES string of the molecule is CC(CO)(CO)C(=O)Nc1ccccc1[S+](N)[O-]. The summed E-state index contributed by atoms with van der Waals surface area (Å²) in [5.74, 6) is -0.564. The van der Waals surface area contributed by atoms with Crippen LogP contribution >= 0.6 is 0 Å². The number of aliphatic hydroxyl groups excluding tert-OH is 2. The molecule has 18 heavy (non-hydrogen) atoms. The highest BCUT2D eigenvalue weighted by atomic mass is 32.2. The van der Waals surface area contributed by atoms with Crippen molar-refractivity contribution in [1.82, 2.24) is 0 Å². The van der Waals surface area contributed by atoms with E-state index in [0.717, 1.165) is 0 Å². The van der Waals surface area contributed by atoms with Crippen molar-refractivity contribution in [3.8, 4) is 0 Å². The lowest BCUT2D eigenvalue weighted by Gasteiger charge is -2.23. The number of nitrogens with two attached hydrogens (primary N) is 1. The fraction of sp³-hybridized carbons (Fsp3) is 0.364. The minimum atomic E-state index is -1.73. The molecule has 1 aromatic rings. The number of nitrogens with one attached hydrogen (secondary N) is 1. The zero-order valence-electron chi connectivity index (χ0n) is 9.92. The Labute approximate surface area is 108 Å². The summed E-state index contributed by atoms with van der Waals surface area (Å²) in [5.41, 5.74) is -1.00. The van der Waals surface area contributed by atoms with E-state index in [1.54, 1.807) is 18.2 Å². The molecular formula is C11H16N2O4S. The number of carbonyl (C=O) groups excluding carboxylic acids is 1. The molecule has 1 atom stereocenters. The highest BCUT2D eigenvalue weighted by molar-refractivity contribution is 7.89. The number of para-hydroxylation sites is 1. The summed E-state index contributed by atoms with van der Waals surface area (Å²) in [4.78, 5) is 12.2. The zero-order valence-corrected chi connectivity index (χ0v) is 10.7. The molecule has 1 amide bonds. The van der Waals surface area contributed by atoms with Crippen LogP contribution in [0.3, 0.4) is 0 Å². The summed E-state index contributed by atoms with van der Waals surface area (Å²) in [7, 11) is 0. The van der Waals surface area contributed by atoms with Gasteiger partial charge in [-0.05, 0) is 19.1 Å². The van der Waals surface area contributed by atoms with E-state index in [4.69, 9.17) is 15.4 Å². The first-order chi connectivity index (χ1) is 8.44. The van der Waals surface area contributed by atoms with Crippen LogP contribution in [0.1, 0.15) is 6.92 Å². The average molecular weight is 272 g/mol. The molecule has 1 unspecified atom stereocenters. The van der Waals surface area contributed by atoms with E-state index < -0.39 is 35.9 Å². The largest absolute Gasteiger partial charge is 0.593 e. The second-order valence-corrected chi connectivity index (χ2v) is 5.16. The fourth-order valence-corrected chi connectivity index (χ4v) is 1.76. The summed E-state index contributed by atoms with van der Waals surface area (Å²) in [5, 5.41) is 26.0. The van der Waals surface area contributed by atoms with Crippen LogP contribution < -0.4 is 10.5 Å². The first kappa shape index (κ1) is 14.9. The van der Waals surface area contributed by atoms with E-state index in [1.165, 1.54) is 13.0 Å². The zero-order chi connectivity index (χ0) is 13.8. The van der Waals surface area contributed by atoms with Crippen LogP contribution in [0.15, 0.2) is 29.2 Å². The van der Waals surface area contributed by atoms with E-state index in [-0.39, 0.29) is 4.90 Å². The predicted octanol–water partition coefficient (Wildman–Crippen LogP) is -0.403. The van der Waals surface area contributed by atoms with Crippen LogP contribution in [0.2, 0.25) is 0 Å². The van der Waals surface area contributed by atoms with Gasteiger partial charge < -0.3 is 20.1 Å². The summed E-state index contributed by atoms with van der Waals surface area (Å²) in [6, 6.07) is 6.38. The first-order valence-corrected chi connectivity index (χ1v) is 6.44. The summed E-state index contributed by atoms with van der Waals surface area (Å²) in [6.45, 7) is 0.427. The molecule has 0 spiro atoms. The van der Waals surface area contributed by atoms with Gasteiger partial charge in [-0.2, -0.15) is 0 Å². The second kappa shape index (κ2) is 6.17. The van der Waals surface area contributed by atoms with Crippen molar-refractivity contribution < 1.29 is 19.6 Å². The van der Waals surface area contributed by atoms with Gasteiger partial charge in [0.05, 0.1) is 35.7 Å². The van der Waals surface area contributed by atoms with E-state index in [2.05, 4.69) is 5.32 Å². The Bertz CT molecular complexity index is 421. The minimum absolute atomic E-state index is 0.282. The van der Waals surface area contributed by atoms with E-state index in [0.29, 0.717) is 5.69 Å².